The Balaban J connectivity index is 1.74. The summed E-state index contributed by atoms with van der Waals surface area (Å²) >= 11 is 0. The summed E-state index contributed by atoms with van der Waals surface area (Å²) in [4.78, 5) is 11.6. The third-order valence-corrected chi connectivity index (χ3v) is 6.66. The van der Waals surface area contributed by atoms with Gasteiger partial charge in [-0.2, -0.15) is 17.5 Å². The maximum atomic E-state index is 13.1. The van der Waals surface area contributed by atoms with Gasteiger partial charge in [0.1, 0.15) is 11.6 Å². The van der Waals surface area contributed by atoms with E-state index in [4.69, 9.17) is 4.74 Å². The van der Waals surface area contributed by atoms with Crippen molar-refractivity contribution >= 4 is 16.0 Å². The molecule has 0 fully saturated rings. The molecule has 1 N–H and O–H groups in total. The molecule has 0 aliphatic rings. The minimum absolute atomic E-state index is 0.0457. The summed E-state index contributed by atoms with van der Waals surface area (Å²) < 4.78 is 83.7. The molecular weight excluding hydrogens is 478 g/mol. The van der Waals surface area contributed by atoms with Crippen LogP contribution in [0.1, 0.15) is 22.8 Å². The molecule has 0 amide bonds. The lowest BCUT2D eigenvalue weighted by Gasteiger charge is -2.19. The Morgan fingerprint density at radius 2 is 1.65 bits per heavy atom. The standard InChI is InChI=1S/C23H19F4NO5S/c1-28(34(31,32)20-11-7-18(24)8-12-20)14-15-5-9-19(10-6-15)33-21(22(29)30)16-3-2-4-17(13-16)23(25,26)27/h2-13,21H,14H2,1H3,(H,29,30). The molecule has 0 aliphatic carbocycles. The maximum Gasteiger partial charge on any atom is 0.416 e. The van der Waals surface area contributed by atoms with Gasteiger partial charge in [-0.25, -0.2) is 17.6 Å². The van der Waals surface area contributed by atoms with Crippen molar-refractivity contribution in [2.24, 2.45) is 0 Å². The first kappa shape index (κ1) is 25.2. The Labute approximate surface area is 193 Å². The van der Waals surface area contributed by atoms with Crippen LogP contribution < -0.4 is 4.74 Å². The number of benzene rings is 3. The Hall–Kier alpha value is -3.44. The fourth-order valence-electron chi connectivity index (χ4n) is 3.08. The molecule has 3 aromatic carbocycles. The summed E-state index contributed by atoms with van der Waals surface area (Å²) in [6, 6.07) is 14.0. The molecule has 11 heteroatoms. The van der Waals surface area contributed by atoms with Crippen LogP contribution in [0.15, 0.2) is 77.7 Å². The summed E-state index contributed by atoms with van der Waals surface area (Å²) in [5.41, 5.74) is -0.649. The molecule has 3 aromatic rings. The smallest absolute Gasteiger partial charge is 0.416 e. The number of nitrogens with zero attached hydrogens (tertiary/aromatic N) is 1. The summed E-state index contributed by atoms with van der Waals surface area (Å²) in [7, 11) is -2.54. The van der Waals surface area contributed by atoms with Gasteiger partial charge in [0.15, 0.2) is 0 Å². The van der Waals surface area contributed by atoms with Gasteiger partial charge in [-0.3, -0.25) is 0 Å². The van der Waals surface area contributed by atoms with Crippen molar-refractivity contribution in [1.29, 1.82) is 0 Å². The van der Waals surface area contributed by atoms with E-state index in [-0.39, 0.29) is 22.8 Å². The van der Waals surface area contributed by atoms with E-state index in [1.807, 2.05) is 0 Å². The van der Waals surface area contributed by atoms with E-state index in [1.165, 1.54) is 37.4 Å². The number of alkyl halides is 3. The molecule has 1 unspecified atom stereocenters. The van der Waals surface area contributed by atoms with E-state index < -0.39 is 39.7 Å². The zero-order chi connectivity index (χ0) is 25.1. The number of carboxylic acid groups (broad SMARTS) is 1. The molecule has 0 aliphatic heterocycles. The molecular formula is C23H19F4NO5S. The van der Waals surface area contributed by atoms with Crippen molar-refractivity contribution in [2.45, 2.75) is 23.7 Å². The largest absolute Gasteiger partial charge is 0.478 e. The van der Waals surface area contributed by atoms with Crippen LogP contribution in [0.25, 0.3) is 0 Å². The average molecular weight is 497 g/mol. The maximum absolute atomic E-state index is 13.1. The fraction of sp³-hybridized carbons (Fsp3) is 0.174. The lowest BCUT2D eigenvalue weighted by atomic mass is 10.1. The number of halogens is 4. The SMILES string of the molecule is CN(Cc1ccc(OC(C(=O)O)c2cccc(C(F)(F)F)c2)cc1)S(=O)(=O)c1ccc(F)cc1. The quantitative estimate of drug-likeness (QED) is 0.449. The highest BCUT2D eigenvalue weighted by Crippen LogP contribution is 2.32. The summed E-state index contributed by atoms with van der Waals surface area (Å²) in [5.74, 6) is -1.98. The van der Waals surface area contributed by atoms with Crippen molar-refractivity contribution in [2.75, 3.05) is 7.05 Å². The van der Waals surface area contributed by atoms with Crippen LogP contribution in [0, 0.1) is 5.82 Å². The topological polar surface area (TPSA) is 83.9 Å². The normalized spacial score (nSPS) is 13.0. The van der Waals surface area contributed by atoms with Crippen molar-refractivity contribution < 1.29 is 40.6 Å². The zero-order valence-corrected chi connectivity index (χ0v) is 18.5. The second kappa shape index (κ2) is 9.82. The van der Waals surface area contributed by atoms with Crippen LogP contribution >= 0.6 is 0 Å². The second-order valence-corrected chi connectivity index (χ2v) is 9.36. The molecule has 0 saturated heterocycles. The number of hydrogen-bond donors (Lipinski definition) is 1. The van der Waals surface area contributed by atoms with Gasteiger partial charge < -0.3 is 9.84 Å². The van der Waals surface area contributed by atoms with Crippen LogP contribution in [0.4, 0.5) is 17.6 Å². The Morgan fingerprint density at radius 1 is 1.03 bits per heavy atom. The van der Waals surface area contributed by atoms with Gasteiger partial charge in [0.05, 0.1) is 10.5 Å². The average Bonchev–Trinajstić information content (AvgIpc) is 2.78. The van der Waals surface area contributed by atoms with Crippen LogP contribution in [0.3, 0.4) is 0 Å². The van der Waals surface area contributed by atoms with Gasteiger partial charge in [-0.05, 0) is 54.1 Å². The van der Waals surface area contributed by atoms with E-state index in [1.54, 1.807) is 0 Å². The highest BCUT2D eigenvalue weighted by Gasteiger charge is 2.32. The molecule has 180 valence electrons. The number of carbonyl (C=O) groups is 1. The van der Waals surface area contributed by atoms with Crippen LogP contribution in [-0.4, -0.2) is 30.8 Å². The highest BCUT2D eigenvalue weighted by atomic mass is 32.2. The fourth-order valence-corrected chi connectivity index (χ4v) is 4.24. The van der Waals surface area contributed by atoms with E-state index >= 15 is 0 Å². The predicted octanol–water partition coefficient (Wildman–Crippen LogP) is 4.87. The van der Waals surface area contributed by atoms with E-state index in [0.717, 1.165) is 40.7 Å². The monoisotopic (exact) mass is 497 g/mol. The van der Waals surface area contributed by atoms with Gasteiger partial charge in [-0.1, -0.05) is 24.3 Å². The second-order valence-electron chi connectivity index (χ2n) is 7.32. The third-order valence-electron chi connectivity index (χ3n) is 4.85. The minimum atomic E-state index is -4.64. The van der Waals surface area contributed by atoms with Gasteiger partial charge in [0.25, 0.3) is 0 Å². The number of ether oxygens (including phenoxy) is 1. The van der Waals surface area contributed by atoms with E-state index in [9.17, 15) is 35.9 Å². The number of sulfonamides is 1. The molecule has 0 spiro atoms. The first-order chi connectivity index (χ1) is 15.9. The van der Waals surface area contributed by atoms with Gasteiger partial charge in [-0.15, -0.1) is 0 Å². The number of carboxylic acids is 1. The minimum Gasteiger partial charge on any atom is -0.478 e. The first-order valence-electron chi connectivity index (χ1n) is 9.75. The zero-order valence-electron chi connectivity index (χ0n) is 17.7. The molecule has 1 atom stereocenters. The summed E-state index contributed by atoms with van der Waals surface area (Å²) in [5, 5.41) is 9.47. The van der Waals surface area contributed by atoms with Gasteiger partial charge in [0, 0.05) is 19.2 Å². The lowest BCUT2D eigenvalue weighted by Crippen LogP contribution is -2.26. The van der Waals surface area contributed by atoms with E-state index in [0.29, 0.717) is 11.6 Å². The van der Waals surface area contributed by atoms with Crippen LogP contribution in [-0.2, 0) is 27.5 Å². The van der Waals surface area contributed by atoms with Crippen molar-refractivity contribution in [3.63, 3.8) is 0 Å². The molecule has 3 rings (SSSR count). The number of hydrogen-bond acceptors (Lipinski definition) is 4. The Kier molecular flexibility index (Phi) is 7.27. The van der Waals surface area contributed by atoms with Crippen molar-refractivity contribution in [3.8, 4) is 5.75 Å². The van der Waals surface area contributed by atoms with Crippen molar-refractivity contribution in [1.82, 2.24) is 4.31 Å². The van der Waals surface area contributed by atoms with Gasteiger partial charge in [0.2, 0.25) is 16.1 Å². The van der Waals surface area contributed by atoms with Crippen molar-refractivity contribution in [3.05, 3.63) is 95.3 Å². The predicted molar refractivity (Wildman–Crippen MR) is 114 cm³/mol. The Morgan fingerprint density at radius 3 is 2.21 bits per heavy atom. The van der Waals surface area contributed by atoms with Gasteiger partial charge >= 0.3 is 12.1 Å². The highest BCUT2D eigenvalue weighted by molar-refractivity contribution is 7.89. The van der Waals surface area contributed by atoms with E-state index in [2.05, 4.69) is 0 Å². The molecule has 0 bridgehead atoms. The summed E-state index contributed by atoms with van der Waals surface area (Å²) in [6.07, 6.45) is -6.32. The molecule has 0 radical (unpaired) electrons. The van der Waals surface area contributed by atoms with Crippen LogP contribution in [0.5, 0.6) is 5.75 Å². The third kappa shape index (κ3) is 5.91. The molecule has 6 nitrogen and oxygen atoms in total. The van der Waals surface area contributed by atoms with Crippen LogP contribution in [0.2, 0.25) is 0 Å². The number of aliphatic carboxylic acids is 1. The Bertz CT molecular complexity index is 1260. The molecule has 0 saturated carbocycles. The molecule has 0 heterocycles. The first-order valence-corrected chi connectivity index (χ1v) is 11.2. The molecule has 34 heavy (non-hydrogen) atoms. The molecule has 0 aromatic heterocycles. The number of rotatable bonds is 8. The summed E-state index contributed by atoms with van der Waals surface area (Å²) in [6.45, 7) is -0.0457. The lowest BCUT2D eigenvalue weighted by molar-refractivity contribution is -0.146.